The van der Waals surface area contributed by atoms with Crippen molar-refractivity contribution in [3.8, 4) is 11.3 Å². The predicted molar refractivity (Wildman–Crippen MR) is 103 cm³/mol. The Bertz CT molecular complexity index is 780. The number of likely N-dealkylation sites (N-methyl/N-ethyl adjacent to an activating group) is 1. The maximum Gasteiger partial charge on any atom is 0.137 e. The molecule has 0 bridgehead atoms. The minimum Gasteiger partial charge on any atom is -0.319 e. The Morgan fingerprint density at radius 2 is 1.88 bits per heavy atom. The second-order valence-electron chi connectivity index (χ2n) is 7.19. The third-order valence-electron chi connectivity index (χ3n) is 5.11. The molecule has 1 fully saturated rings. The fraction of sp³-hybridized carbons (Fsp3) is 0.476. The number of halogens is 3. The highest BCUT2D eigenvalue weighted by molar-refractivity contribution is 6.30. The van der Waals surface area contributed by atoms with Crippen LogP contribution in [0.4, 0.5) is 8.78 Å². The molecular formula is C21H25ClF2N2. The Kier molecular flexibility index (Phi) is 5.93. The number of aromatic nitrogens is 1. The maximum absolute atomic E-state index is 14.6. The van der Waals surface area contributed by atoms with E-state index in [9.17, 15) is 8.78 Å². The van der Waals surface area contributed by atoms with Gasteiger partial charge in [0.1, 0.15) is 11.6 Å². The molecule has 0 aliphatic heterocycles. The summed E-state index contributed by atoms with van der Waals surface area (Å²) in [6, 6.07) is 4.41. The molecular weight excluding hydrogens is 354 g/mol. The van der Waals surface area contributed by atoms with Gasteiger partial charge in [-0.25, -0.2) is 8.78 Å². The van der Waals surface area contributed by atoms with Crippen LogP contribution in [0.1, 0.15) is 48.9 Å². The molecule has 1 aliphatic carbocycles. The molecule has 1 saturated carbocycles. The summed E-state index contributed by atoms with van der Waals surface area (Å²) in [5, 5.41) is 3.29. The lowest BCUT2D eigenvalue weighted by Crippen LogP contribution is -2.20. The molecule has 1 unspecified atom stereocenters. The minimum atomic E-state index is -0.659. The van der Waals surface area contributed by atoms with Gasteiger partial charge in [0.15, 0.2) is 0 Å². The Balaban J connectivity index is 2.18. The average molecular weight is 379 g/mol. The first-order chi connectivity index (χ1) is 12.5. The van der Waals surface area contributed by atoms with Crippen molar-refractivity contribution in [2.24, 2.45) is 5.92 Å². The molecule has 2 nitrogen and oxygen atoms in total. The van der Waals surface area contributed by atoms with Crippen molar-refractivity contribution in [1.82, 2.24) is 10.3 Å². The van der Waals surface area contributed by atoms with Gasteiger partial charge in [-0.2, -0.15) is 0 Å². The van der Waals surface area contributed by atoms with Gasteiger partial charge in [-0.1, -0.05) is 24.9 Å². The molecule has 26 heavy (non-hydrogen) atoms. The van der Waals surface area contributed by atoms with E-state index in [-0.39, 0.29) is 16.5 Å². The van der Waals surface area contributed by atoms with Crippen LogP contribution in [0, 0.1) is 24.5 Å². The topological polar surface area (TPSA) is 24.9 Å². The van der Waals surface area contributed by atoms with Gasteiger partial charge in [0.2, 0.25) is 0 Å². The van der Waals surface area contributed by atoms with Gasteiger partial charge < -0.3 is 5.32 Å². The van der Waals surface area contributed by atoms with Crippen molar-refractivity contribution >= 4 is 11.6 Å². The summed E-state index contributed by atoms with van der Waals surface area (Å²) in [6.07, 6.45) is 3.98. The SMILES string of the molecule is CCCc1c(C)cc(C(CNC)C2CC2)nc1-c1c(F)cc(Cl)cc1F. The summed E-state index contributed by atoms with van der Waals surface area (Å²) in [4.78, 5) is 4.79. The number of nitrogens with zero attached hydrogens (tertiary/aromatic N) is 1. The maximum atomic E-state index is 14.6. The highest BCUT2D eigenvalue weighted by Gasteiger charge is 2.33. The molecule has 1 aromatic heterocycles. The summed E-state index contributed by atoms with van der Waals surface area (Å²) in [5.41, 5.74) is 3.23. The summed E-state index contributed by atoms with van der Waals surface area (Å²) in [6.45, 7) is 4.88. The zero-order valence-electron chi connectivity index (χ0n) is 15.5. The van der Waals surface area contributed by atoms with Gasteiger partial charge >= 0.3 is 0 Å². The number of nitrogens with one attached hydrogen (secondary N) is 1. The van der Waals surface area contributed by atoms with Gasteiger partial charge in [0, 0.05) is 23.2 Å². The zero-order chi connectivity index (χ0) is 18.8. The quantitative estimate of drug-likeness (QED) is 0.673. The lowest BCUT2D eigenvalue weighted by atomic mass is 9.92. The number of aryl methyl sites for hydroxylation is 1. The van der Waals surface area contributed by atoms with Crippen LogP contribution in [0.3, 0.4) is 0 Å². The van der Waals surface area contributed by atoms with Crippen LogP contribution in [0.2, 0.25) is 5.02 Å². The summed E-state index contributed by atoms with van der Waals surface area (Å²) >= 11 is 5.81. The Morgan fingerprint density at radius 1 is 1.23 bits per heavy atom. The molecule has 1 aliphatic rings. The number of hydrogen-bond donors (Lipinski definition) is 1. The van der Waals surface area contributed by atoms with Crippen molar-refractivity contribution in [2.45, 2.75) is 45.4 Å². The van der Waals surface area contributed by atoms with Crippen molar-refractivity contribution in [3.05, 3.63) is 51.7 Å². The highest BCUT2D eigenvalue weighted by Crippen LogP contribution is 2.43. The molecule has 2 aromatic rings. The highest BCUT2D eigenvalue weighted by atomic mass is 35.5. The van der Waals surface area contributed by atoms with Gasteiger partial charge in [-0.3, -0.25) is 4.98 Å². The van der Waals surface area contributed by atoms with Crippen LogP contribution in [0.25, 0.3) is 11.3 Å². The Morgan fingerprint density at radius 3 is 2.42 bits per heavy atom. The van der Waals surface area contributed by atoms with E-state index in [1.165, 1.54) is 12.8 Å². The first-order valence-corrected chi connectivity index (χ1v) is 9.64. The van der Waals surface area contributed by atoms with Crippen LogP contribution >= 0.6 is 11.6 Å². The number of pyridine rings is 1. The largest absolute Gasteiger partial charge is 0.319 e. The summed E-state index contributed by atoms with van der Waals surface area (Å²) in [5.74, 6) is -0.452. The Hall–Kier alpha value is -1.52. The van der Waals surface area contributed by atoms with E-state index in [2.05, 4.69) is 18.3 Å². The van der Waals surface area contributed by atoms with E-state index in [0.29, 0.717) is 11.6 Å². The molecule has 1 aromatic carbocycles. The standard InChI is InChI=1S/C21H25ClF2N2/c1-4-5-15-12(2)8-19(16(11-25-3)13-6-7-13)26-21(15)20-17(23)9-14(22)10-18(20)24/h8-10,13,16,25H,4-7,11H2,1-3H3. The molecule has 3 rings (SSSR count). The lowest BCUT2D eigenvalue weighted by molar-refractivity contribution is 0.552. The normalized spacial score (nSPS) is 15.3. The molecule has 5 heteroatoms. The van der Waals surface area contributed by atoms with Crippen molar-refractivity contribution in [2.75, 3.05) is 13.6 Å². The van der Waals surface area contributed by atoms with E-state index in [4.69, 9.17) is 16.6 Å². The molecule has 0 amide bonds. The smallest absolute Gasteiger partial charge is 0.137 e. The molecule has 1 heterocycles. The molecule has 1 N–H and O–H groups in total. The first kappa shape index (κ1) is 19.2. The average Bonchev–Trinajstić information content (AvgIpc) is 3.39. The number of rotatable bonds is 7. The zero-order valence-corrected chi connectivity index (χ0v) is 16.3. The first-order valence-electron chi connectivity index (χ1n) is 9.26. The lowest BCUT2D eigenvalue weighted by Gasteiger charge is -2.20. The summed E-state index contributed by atoms with van der Waals surface area (Å²) < 4.78 is 29.2. The molecule has 0 saturated heterocycles. The van der Waals surface area contributed by atoms with Crippen molar-refractivity contribution in [1.29, 1.82) is 0 Å². The van der Waals surface area contributed by atoms with Crippen molar-refractivity contribution in [3.63, 3.8) is 0 Å². The van der Waals surface area contributed by atoms with E-state index < -0.39 is 11.6 Å². The van der Waals surface area contributed by atoms with E-state index in [0.717, 1.165) is 48.3 Å². The Labute approximate surface area is 159 Å². The fourth-order valence-corrected chi connectivity index (χ4v) is 3.88. The van der Waals surface area contributed by atoms with E-state index in [1.54, 1.807) is 0 Å². The van der Waals surface area contributed by atoms with Gasteiger partial charge in [0.05, 0.1) is 11.3 Å². The van der Waals surface area contributed by atoms with Crippen LogP contribution in [0.5, 0.6) is 0 Å². The van der Waals surface area contributed by atoms with Gasteiger partial charge in [-0.05, 0) is 68.5 Å². The van der Waals surface area contributed by atoms with E-state index in [1.807, 2.05) is 14.0 Å². The second-order valence-corrected chi connectivity index (χ2v) is 7.62. The molecule has 0 spiro atoms. The van der Waals surface area contributed by atoms with Gasteiger partial charge in [-0.15, -0.1) is 0 Å². The number of hydrogen-bond acceptors (Lipinski definition) is 2. The van der Waals surface area contributed by atoms with E-state index >= 15 is 0 Å². The van der Waals surface area contributed by atoms with Crippen LogP contribution in [-0.4, -0.2) is 18.6 Å². The monoisotopic (exact) mass is 378 g/mol. The van der Waals surface area contributed by atoms with Crippen molar-refractivity contribution < 1.29 is 8.78 Å². The fourth-order valence-electron chi connectivity index (χ4n) is 3.69. The van der Waals surface area contributed by atoms with Crippen LogP contribution in [0.15, 0.2) is 18.2 Å². The summed E-state index contributed by atoms with van der Waals surface area (Å²) in [7, 11) is 1.92. The predicted octanol–water partition coefficient (Wildman–Crippen LogP) is 5.65. The number of benzene rings is 1. The van der Waals surface area contributed by atoms with Crippen LogP contribution < -0.4 is 5.32 Å². The second kappa shape index (κ2) is 8.01. The van der Waals surface area contributed by atoms with Crippen LogP contribution in [-0.2, 0) is 6.42 Å². The molecule has 0 radical (unpaired) electrons. The van der Waals surface area contributed by atoms with Gasteiger partial charge in [0.25, 0.3) is 0 Å². The molecule has 1 atom stereocenters. The third kappa shape index (κ3) is 3.91. The third-order valence-corrected chi connectivity index (χ3v) is 5.32. The minimum absolute atomic E-state index is 0.0553. The molecule has 140 valence electrons.